The Morgan fingerprint density at radius 2 is 2.21 bits per heavy atom. The molecule has 0 radical (unpaired) electrons. The lowest BCUT2D eigenvalue weighted by atomic mass is 10.1. The van der Waals surface area contributed by atoms with Crippen molar-refractivity contribution in [1.29, 1.82) is 0 Å². The molecule has 0 fully saturated rings. The smallest absolute Gasteiger partial charge is 0.214 e. The van der Waals surface area contributed by atoms with Gasteiger partial charge in [0.25, 0.3) is 0 Å². The molecule has 0 spiro atoms. The molecule has 2 aromatic rings. The highest BCUT2D eigenvalue weighted by molar-refractivity contribution is 7.09. The van der Waals surface area contributed by atoms with E-state index in [2.05, 4.69) is 41.7 Å². The van der Waals surface area contributed by atoms with E-state index in [1.165, 1.54) is 10.4 Å². The molecule has 0 atom stereocenters. The Kier molecular flexibility index (Phi) is 4.93. The Morgan fingerprint density at radius 1 is 1.37 bits per heavy atom. The average Bonchev–Trinajstić information content (AvgIpc) is 2.89. The first-order valence-electron chi connectivity index (χ1n) is 6.49. The van der Waals surface area contributed by atoms with Gasteiger partial charge in [-0.05, 0) is 36.0 Å². The molecular weight excluding hydrogens is 256 g/mol. The molecule has 0 saturated carbocycles. The molecule has 1 N–H and O–H groups in total. The van der Waals surface area contributed by atoms with Gasteiger partial charge in [-0.25, -0.2) is 4.98 Å². The van der Waals surface area contributed by atoms with Gasteiger partial charge in [0.05, 0.1) is 0 Å². The average molecular weight is 276 g/mol. The first kappa shape index (κ1) is 14.0. The summed E-state index contributed by atoms with van der Waals surface area (Å²) in [5.41, 5.74) is 2.29. The van der Waals surface area contributed by atoms with Crippen molar-refractivity contribution in [2.45, 2.75) is 32.9 Å². The maximum Gasteiger partial charge on any atom is 0.214 e. The standard InChI is InChI=1S/C15H20N2OS/c1-11(2)14-7-12(9-16-3)8-15(17-14)18-10-13-5-4-6-19-13/h4-8,11,16H,9-10H2,1-3H3. The summed E-state index contributed by atoms with van der Waals surface area (Å²) >= 11 is 1.70. The minimum absolute atomic E-state index is 0.404. The molecule has 2 heterocycles. The predicted molar refractivity (Wildman–Crippen MR) is 79.7 cm³/mol. The van der Waals surface area contributed by atoms with E-state index in [9.17, 15) is 0 Å². The molecule has 0 aliphatic rings. The molecule has 0 unspecified atom stereocenters. The van der Waals surface area contributed by atoms with Crippen molar-refractivity contribution in [2.24, 2.45) is 0 Å². The molecule has 2 aromatic heterocycles. The van der Waals surface area contributed by atoms with Crippen LogP contribution in [-0.4, -0.2) is 12.0 Å². The van der Waals surface area contributed by atoms with E-state index in [-0.39, 0.29) is 0 Å². The number of nitrogens with one attached hydrogen (secondary N) is 1. The maximum absolute atomic E-state index is 5.80. The number of thiophene rings is 1. The third-order valence-electron chi connectivity index (χ3n) is 2.80. The normalized spacial score (nSPS) is 10.9. The fourth-order valence-electron chi connectivity index (χ4n) is 1.80. The van der Waals surface area contributed by atoms with Gasteiger partial charge in [-0.15, -0.1) is 11.3 Å². The largest absolute Gasteiger partial charge is 0.472 e. The van der Waals surface area contributed by atoms with E-state index in [1.54, 1.807) is 11.3 Å². The summed E-state index contributed by atoms with van der Waals surface area (Å²) in [5.74, 6) is 1.12. The van der Waals surface area contributed by atoms with Crippen molar-refractivity contribution < 1.29 is 4.74 Å². The number of aromatic nitrogens is 1. The summed E-state index contributed by atoms with van der Waals surface area (Å²) in [6.45, 7) is 5.71. The highest BCUT2D eigenvalue weighted by atomic mass is 32.1. The van der Waals surface area contributed by atoms with Crippen LogP contribution in [0.1, 0.15) is 35.9 Å². The van der Waals surface area contributed by atoms with Crippen molar-refractivity contribution in [3.63, 3.8) is 0 Å². The fraction of sp³-hybridized carbons (Fsp3) is 0.400. The van der Waals surface area contributed by atoms with Crippen LogP contribution in [0.2, 0.25) is 0 Å². The molecule has 2 rings (SSSR count). The van der Waals surface area contributed by atoms with Crippen molar-refractivity contribution in [3.05, 3.63) is 45.8 Å². The summed E-state index contributed by atoms with van der Waals surface area (Å²) < 4.78 is 5.80. The van der Waals surface area contributed by atoms with Crippen LogP contribution in [0, 0.1) is 0 Å². The van der Waals surface area contributed by atoms with Gasteiger partial charge in [-0.3, -0.25) is 0 Å². The van der Waals surface area contributed by atoms with E-state index in [4.69, 9.17) is 4.74 Å². The summed E-state index contributed by atoms with van der Waals surface area (Å²) in [6, 6.07) is 8.26. The van der Waals surface area contributed by atoms with Gasteiger partial charge in [-0.2, -0.15) is 0 Å². The van der Waals surface area contributed by atoms with Gasteiger partial charge in [0.15, 0.2) is 0 Å². The Morgan fingerprint density at radius 3 is 2.84 bits per heavy atom. The SMILES string of the molecule is CNCc1cc(OCc2cccs2)nc(C(C)C)c1. The quantitative estimate of drug-likeness (QED) is 0.876. The van der Waals surface area contributed by atoms with E-state index in [0.29, 0.717) is 18.4 Å². The lowest BCUT2D eigenvalue weighted by Gasteiger charge is -2.11. The van der Waals surface area contributed by atoms with E-state index in [1.807, 2.05) is 19.2 Å². The summed E-state index contributed by atoms with van der Waals surface area (Å²) in [7, 11) is 1.95. The van der Waals surface area contributed by atoms with Crippen molar-refractivity contribution in [1.82, 2.24) is 10.3 Å². The van der Waals surface area contributed by atoms with Crippen LogP contribution in [0.15, 0.2) is 29.6 Å². The number of nitrogens with zero attached hydrogens (tertiary/aromatic N) is 1. The van der Waals surface area contributed by atoms with Gasteiger partial charge in [0.2, 0.25) is 5.88 Å². The number of pyridine rings is 1. The van der Waals surface area contributed by atoms with Crippen LogP contribution in [0.5, 0.6) is 5.88 Å². The van der Waals surface area contributed by atoms with Crippen LogP contribution < -0.4 is 10.1 Å². The molecular formula is C15H20N2OS. The Hall–Kier alpha value is -1.39. The van der Waals surface area contributed by atoms with Crippen LogP contribution in [-0.2, 0) is 13.2 Å². The van der Waals surface area contributed by atoms with Gasteiger partial charge in [0, 0.05) is 23.2 Å². The summed E-state index contributed by atoms with van der Waals surface area (Å²) in [5, 5.41) is 5.22. The molecule has 0 aliphatic heterocycles. The number of hydrogen-bond acceptors (Lipinski definition) is 4. The van der Waals surface area contributed by atoms with Gasteiger partial charge in [-0.1, -0.05) is 19.9 Å². The molecule has 0 saturated heterocycles. The number of ether oxygens (including phenoxy) is 1. The predicted octanol–water partition coefficient (Wildman–Crippen LogP) is 3.56. The third kappa shape index (κ3) is 4.04. The first-order chi connectivity index (χ1) is 9.19. The topological polar surface area (TPSA) is 34.1 Å². The van der Waals surface area contributed by atoms with Crippen molar-refractivity contribution in [3.8, 4) is 5.88 Å². The van der Waals surface area contributed by atoms with E-state index < -0.39 is 0 Å². The molecule has 0 aliphatic carbocycles. The molecule has 19 heavy (non-hydrogen) atoms. The second-order valence-electron chi connectivity index (χ2n) is 4.79. The first-order valence-corrected chi connectivity index (χ1v) is 7.37. The molecule has 0 aromatic carbocycles. The van der Waals surface area contributed by atoms with Gasteiger partial charge < -0.3 is 10.1 Å². The van der Waals surface area contributed by atoms with Gasteiger partial charge in [0.1, 0.15) is 6.61 Å². The van der Waals surface area contributed by atoms with Crippen molar-refractivity contribution >= 4 is 11.3 Å². The second-order valence-corrected chi connectivity index (χ2v) is 5.82. The molecule has 102 valence electrons. The van der Waals surface area contributed by atoms with Crippen LogP contribution in [0.3, 0.4) is 0 Å². The Labute approximate surface area is 118 Å². The summed E-state index contributed by atoms with van der Waals surface area (Å²) in [6.07, 6.45) is 0. The van der Waals surface area contributed by atoms with Crippen LogP contribution >= 0.6 is 11.3 Å². The molecule has 0 amide bonds. The zero-order valence-electron chi connectivity index (χ0n) is 11.6. The number of hydrogen-bond donors (Lipinski definition) is 1. The minimum Gasteiger partial charge on any atom is -0.472 e. The molecule has 4 heteroatoms. The molecule has 3 nitrogen and oxygen atoms in total. The third-order valence-corrected chi connectivity index (χ3v) is 3.65. The van der Waals surface area contributed by atoms with Crippen LogP contribution in [0.4, 0.5) is 0 Å². The van der Waals surface area contributed by atoms with Crippen LogP contribution in [0.25, 0.3) is 0 Å². The van der Waals surface area contributed by atoms with E-state index >= 15 is 0 Å². The molecule has 0 bridgehead atoms. The Bertz CT molecular complexity index is 509. The fourth-order valence-corrected chi connectivity index (χ4v) is 2.41. The van der Waals surface area contributed by atoms with Gasteiger partial charge >= 0.3 is 0 Å². The zero-order chi connectivity index (χ0) is 13.7. The summed E-state index contributed by atoms with van der Waals surface area (Å²) in [4.78, 5) is 5.78. The lowest BCUT2D eigenvalue weighted by Crippen LogP contribution is -2.08. The Balaban J connectivity index is 2.13. The highest BCUT2D eigenvalue weighted by Gasteiger charge is 2.07. The zero-order valence-corrected chi connectivity index (χ0v) is 12.5. The van der Waals surface area contributed by atoms with E-state index in [0.717, 1.165) is 12.2 Å². The monoisotopic (exact) mass is 276 g/mol. The lowest BCUT2D eigenvalue weighted by molar-refractivity contribution is 0.295. The van der Waals surface area contributed by atoms with Crippen molar-refractivity contribution in [2.75, 3.05) is 7.05 Å². The minimum atomic E-state index is 0.404. The number of rotatable bonds is 6. The highest BCUT2D eigenvalue weighted by Crippen LogP contribution is 2.20. The maximum atomic E-state index is 5.80. The second kappa shape index (κ2) is 6.68.